The van der Waals surface area contributed by atoms with E-state index >= 15 is 0 Å². The van der Waals surface area contributed by atoms with E-state index in [1.165, 1.54) is 0 Å². The highest BCUT2D eigenvalue weighted by Gasteiger charge is 2.39. The van der Waals surface area contributed by atoms with Gasteiger partial charge in [0.1, 0.15) is 5.60 Å². The Balaban J connectivity index is 2.57. The van der Waals surface area contributed by atoms with Crippen LogP contribution in [0.1, 0.15) is 27.2 Å². The molecular weight excluding hydrogens is 154 g/mol. The second-order valence-electron chi connectivity index (χ2n) is 4.72. The second-order valence-corrected chi connectivity index (χ2v) is 4.72. The molecule has 0 amide bonds. The van der Waals surface area contributed by atoms with Crippen LogP contribution in [0, 0.1) is 0 Å². The minimum atomic E-state index is -0.854. The first kappa shape index (κ1) is 9.96. The topological polar surface area (TPSA) is 43.7 Å². The van der Waals surface area contributed by atoms with Crippen molar-refractivity contribution in [3.8, 4) is 0 Å². The Hall–Kier alpha value is -0.120. The molecule has 1 aliphatic heterocycles. The van der Waals surface area contributed by atoms with Crippen LogP contribution in [0.25, 0.3) is 0 Å². The Morgan fingerprint density at radius 1 is 1.42 bits per heavy atom. The molecule has 1 aliphatic rings. The summed E-state index contributed by atoms with van der Waals surface area (Å²) in [6.07, 6.45) is 0.681. The minimum absolute atomic E-state index is 0.0969. The molecule has 1 heterocycles. The zero-order valence-corrected chi connectivity index (χ0v) is 8.17. The highest BCUT2D eigenvalue weighted by Crippen LogP contribution is 2.26. The van der Waals surface area contributed by atoms with Crippen LogP contribution >= 0.6 is 0 Å². The van der Waals surface area contributed by atoms with Crippen LogP contribution in [0.2, 0.25) is 0 Å². The molecule has 3 nitrogen and oxygen atoms in total. The van der Waals surface area contributed by atoms with Gasteiger partial charge in [-0.1, -0.05) is 0 Å². The Labute approximate surface area is 74.0 Å². The first-order valence-electron chi connectivity index (χ1n) is 4.46. The predicted molar refractivity (Wildman–Crippen MR) is 48.0 cm³/mol. The second kappa shape index (κ2) is 2.98. The maximum absolute atomic E-state index is 9.74. The van der Waals surface area contributed by atoms with E-state index in [0.29, 0.717) is 13.0 Å². The summed E-state index contributed by atoms with van der Waals surface area (Å²) in [6, 6.07) is 0. The van der Waals surface area contributed by atoms with E-state index in [-0.39, 0.29) is 12.1 Å². The molecule has 1 saturated heterocycles. The fourth-order valence-electron chi connectivity index (χ4n) is 1.56. The van der Waals surface area contributed by atoms with Crippen molar-refractivity contribution in [3.05, 3.63) is 0 Å². The normalized spacial score (nSPS) is 32.8. The van der Waals surface area contributed by atoms with Crippen molar-refractivity contribution in [2.75, 3.05) is 19.7 Å². The Morgan fingerprint density at radius 3 is 2.25 bits per heavy atom. The molecule has 0 aromatic rings. The molecule has 1 atom stereocenters. The molecule has 0 aromatic carbocycles. The molecule has 1 fully saturated rings. The van der Waals surface area contributed by atoms with Gasteiger partial charge in [-0.15, -0.1) is 0 Å². The van der Waals surface area contributed by atoms with Crippen molar-refractivity contribution in [3.63, 3.8) is 0 Å². The standard InChI is InChI=1S/C9H19NO2/c1-8(2,3)10-5-4-9(12,6-10)7-11/h11-12H,4-7H2,1-3H3. The molecule has 0 aromatic heterocycles. The number of aliphatic hydroxyl groups is 2. The third-order valence-electron chi connectivity index (χ3n) is 2.58. The number of rotatable bonds is 1. The fraction of sp³-hybridized carbons (Fsp3) is 1.00. The highest BCUT2D eigenvalue weighted by atomic mass is 16.3. The summed E-state index contributed by atoms with van der Waals surface area (Å²) in [6.45, 7) is 7.70. The zero-order valence-electron chi connectivity index (χ0n) is 8.17. The van der Waals surface area contributed by atoms with E-state index in [0.717, 1.165) is 6.54 Å². The maximum Gasteiger partial charge on any atom is 0.102 e. The largest absolute Gasteiger partial charge is 0.393 e. The van der Waals surface area contributed by atoms with Gasteiger partial charge in [0.2, 0.25) is 0 Å². The maximum atomic E-state index is 9.74. The number of β-amino-alcohol motifs (C(OH)–C–C–N with tert-alkyl or cyclic N) is 1. The molecule has 0 aliphatic carbocycles. The van der Waals surface area contributed by atoms with Gasteiger partial charge in [-0.3, -0.25) is 4.90 Å². The monoisotopic (exact) mass is 173 g/mol. The van der Waals surface area contributed by atoms with Gasteiger partial charge in [-0.05, 0) is 27.2 Å². The van der Waals surface area contributed by atoms with E-state index in [2.05, 4.69) is 25.7 Å². The molecule has 3 heteroatoms. The lowest BCUT2D eigenvalue weighted by Crippen LogP contribution is -2.44. The van der Waals surface area contributed by atoms with Crippen molar-refractivity contribution >= 4 is 0 Å². The average molecular weight is 173 g/mol. The van der Waals surface area contributed by atoms with E-state index in [1.54, 1.807) is 0 Å². The predicted octanol–water partition coefficient (Wildman–Crippen LogP) is 0.214. The van der Waals surface area contributed by atoms with Gasteiger partial charge in [-0.2, -0.15) is 0 Å². The van der Waals surface area contributed by atoms with E-state index in [9.17, 15) is 5.11 Å². The van der Waals surface area contributed by atoms with Crippen molar-refractivity contribution in [2.45, 2.75) is 38.3 Å². The van der Waals surface area contributed by atoms with Gasteiger partial charge in [0, 0.05) is 18.6 Å². The smallest absolute Gasteiger partial charge is 0.102 e. The molecule has 12 heavy (non-hydrogen) atoms. The summed E-state index contributed by atoms with van der Waals surface area (Å²) in [4.78, 5) is 2.20. The van der Waals surface area contributed by atoms with E-state index in [1.807, 2.05) is 0 Å². The van der Waals surface area contributed by atoms with Crippen LogP contribution < -0.4 is 0 Å². The van der Waals surface area contributed by atoms with Gasteiger partial charge >= 0.3 is 0 Å². The van der Waals surface area contributed by atoms with Crippen LogP contribution in [0.5, 0.6) is 0 Å². The number of aliphatic hydroxyl groups excluding tert-OH is 1. The zero-order chi connectivity index (χ0) is 9.41. The third kappa shape index (κ3) is 1.97. The number of likely N-dealkylation sites (tertiary alicyclic amines) is 1. The Morgan fingerprint density at radius 2 is 2.00 bits per heavy atom. The van der Waals surface area contributed by atoms with Crippen LogP contribution in [-0.4, -0.2) is 45.9 Å². The lowest BCUT2D eigenvalue weighted by Gasteiger charge is -2.32. The Kier molecular flexibility index (Phi) is 2.47. The quantitative estimate of drug-likeness (QED) is 0.596. The fourth-order valence-corrected chi connectivity index (χ4v) is 1.56. The lowest BCUT2D eigenvalue weighted by atomic mass is 10.0. The van der Waals surface area contributed by atoms with Crippen molar-refractivity contribution < 1.29 is 10.2 Å². The highest BCUT2D eigenvalue weighted by molar-refractivity contribution is 4.94. The summed E-state index contributed by atoms with van der Waals surface area (Å²) < 4.78 is 0. The van der Waals surface area contributed by atoms with E-state index in [4.69, 9.17) is 5.11 Å². The SMILES string of the molecule is CC(C)(C)N1CCC(O)(CO)C1. The summed E-state index contributed by atoms with van der Waals surface area (Å²) in [5.41, 5.74) is -0.757. The van der Waals surface area contributed by atoms with E-state index < -0.39 is 5.60 Å². The van der Waals surface area contributed by atoms with Crippen LogP contribution in [0.3, 0.4) is 0 Å². The molecule has 0 spiro atoms. The molecule has 0 radical (unpaired) electrons. The average Bonchev–Trinajstić information content (AvgIpc) is 2.32. The summed E-state index contributed by atoms with van der Waals surface area (Å²) in [5, 5.41) is 18.7. The summed E-state index contributed by atoms with van der Waals surface area (Å²) >= 11 is 0. The molecule has 72 valence electrons. The van der Waals surface area contributed by atoms with Gasteiger partial charge in [-0.25, -0.2) is 0 Å². The van der Waals surface area contributed by atoms with Crippen molar-refractivity contribution in [2.24, 2.45) is 0 Å². The number of hydrogen-bond donors (Lipinski definition) is 2. The molecule has 0 bridgehead atoms. The van der Waals surface area contributed by atoms with Gasteiger partial charge in [0.25, 0.3) is 0 Å². The third-order valence-corrected chi connectivity index (χ3v) is 2.58. The minimum Gasteiger partial charge on any atom is -0.393 e. The lowest BCUT2D eigenvalue weighted by molar-refractivity contribution is -0.0126. The first-order chi connectivity index (χ1) is 5.37. The molecule has 1 rings (SSSR count). The molecule has 0 saturated carbocycles. The van der Waals surface area contributed by atoms with Crippen molar-refractivity contribution in [1.29, 1.82) is 0 Å². The van der Waals surface area contributed by atoms with Gasteiger partial charge in [0.05, 0.1) is 6.61 Å². The number of nitrogens with zero attached hydrogens (tertiary/aromatic N) is 1. The molecular formula is C9H19NO2. The first-order valence-corrected chi connectivity index (χ1v) is 4.46. The number of hydrogen-bond acceptors (Lipinski definition) is 3. The Bertz CT molecular complexity index is 164. The van der Waals surface area contributed by atoms with Gasteiger partial charge < -0.3 is 10.2 Å². The summed E-state index contributed by atoms with van der Waals surface area (Å²) in [5.74, 6) is 0. The summed E-state index contributed by atoms with van der Waals surface area (Å²) in [7, 11) is 0. The van der Waals surface area contributed by atoms with Crippen LogP contribution in [-0.2, 0) is 0 Å². The van der Waals surface area contributed by atoms with Crippen LogP contribution in [0.15, 0.2) is 0 Å². The molecule has 2 N–H and O–H groups in total. The van der Waals surface area contributed by atoms with Crippen molar-refractivity contribution in [1.82, 2.24) is 4.90 Å². The van der Waals surface area contributed by atoms with Gasteiger partial charge in [0.15, 0.2) is 0 Å². The van der Waals surface area contributed by atoms with Crippen LogP contribution in [0.4, 0.5) is 0 Å². The molecule has 1 unspecified atom stereocenters.